The molecule has 0 saturated carbocycles. The summed E-state index contributed by atoms with van der Waals surface area (Å²) in [5.41, 5.74) is 0. The van der Waals surface area contributed by atoms with Crippen LogP contribution >= 0.6 is 10.8 Å². The SMILES string of the molecule is CCOS(=O)SCC. The van der Waals surface area contributed by atoms with Crippen molar-refractivity contribution in [2.24, 2.45) is 0 Å². The Balaban J connectivity index is 3.06. The van der Waals surface area contributed by atoms with Crippen LogP contribution in [0, 0.1) is 0 Å². The van der Waals surface area contributed by atoms with Crippen molar-refractivity contribution in [2.75, 3.05) is 12.4 Å². The molecule has 0 heterocycles. The Hall–Kier alpha value is 0.460. The van der Waals surface area contributed by atoms with E-state index in [1.165, 1.54) is 10.8 Å². The van der Waals surface area contributed by atoms with Gasteiger partial charge in [-0.3, -0.25) is 4.18 Å². The summed E-state index contributed by atoms with van der Waals surface area (Å²) in [4.78, 5) is 0. The summed E-state index contributed by atoms with van der Waals surface area (Å²) >= 11 is 0. The average molecular weight is 154 g/mol. The topological polar surface area (TPSA) is 26.3 Å². The molecule has 0 spiro atoms. The van der Waals surface area contributed by atoms with Crippen molar-refractivity contribution >= 4 is 20.9 Å². The fraction of sp³-hybridized carbons (Fsp3) is 1.00. The lowest BCUT2D eigenvalue weighted by atomic mass is 10.9. The van der Waals surface area contributed by atoms with Gasteiger partial charge in [0.2, 0.25) is 10.1 Å². The second-order valence-electron chi connectivity index (χ2n) is 1.02. The maximum atomic E-state index is 10.5. The predicted molar refractivity (Wildman–Crippen MR) is 37.9 cm³/mol. The number of hydrogen-bond acceptors (Lipinski definition) is 3. The number of hydrogen-bond donors (Lipinski definition) is 0. The molecule has 2 nitrogen and oxygen atoms in total. The molecule has 1 unspecified atom stereocenters. The van der Waals surface area contributed by atoms with Crippen molar-refractivity contribution in [3.63, 3.8) is 0 Å². The molecule has 0 N–H and O–H groups in total. The van der Waals surface area contributed by atoms with Crippen molar-refractivity contribution < 1.29 is 8.39 Å². The summed E-state index contributed by atoms with van der Waals surface area (Å²) in [7, 11) is 0.202. The number of rotatable bonds is 4. The van der Waals surface area contributed by atoms with Crippen LogP contribution in [0.2, 0.25) is 0 Å². The van der Waals surface area contributed by atoms with Crippen LogP contribution in [0.25, 0.3) is 0 Å². The summed E-state index contributed by atoms with van der Waals surface area (Å²) in [5, 5.41) is 0. The lowest BCUT2D eigenvalue weighted by molar-refractivity contribution is 0.381. The molecule has 50 valence electrons. The highest BCUT2D eigenvalue weighted by Crippen LogP contribution is 2.06. The van der Waals surface area contributed by atoms with Crippen molar-refractivity contribution in [1.82, 2.24) is 0 Å². The Morgan fingerprint density at radius 2 is 2.25 bits per heavy atom. The quantitative estimate of drug-likeness (QED) is 0.572. The van der Waals surface area contributed by atoms with Crippen molar-refractivity contribution in [2.45, 2.75) is 13.8 Å². The first kappa shape index (κ1) is 8.46. The molecule has 0 amide bonds. The molecule has 0 bridgehead atoms. The van der Waals surface area contributed by atoms with Gasteiger partial charge in [0.15, 0.2) is 0 Å². The van der Waals surface area contributed by atoms with E-state index >= 15 is 0 Å². The normalized spacial score (nSPS) is 13.8. The van der Waals surface area contributed by atoms with Crippen LogP contribution in [-0.4, -0.2) is 16.6 Å². The molecule has 0 rings (SSSR count). The minimum atomic E-state index is -1.10. The van der Waals surface area contributed by atoms with Gasteiger partial charge in [0, 0.05) is 5.75 Å². The van der Waals surface area contributed by atoms with Gasteiger partial charge in [-0.05, 0) is 17.7 Å². The Labute approximate surface area is 56.1 Å². The molecule has 8 heavy (non-hydrogen) atoms. The van der Waals surface area contributed by atoms with Crippen molar-refractivity contribution in [1.29, 1.82) is 0 Å². The second kappa shape index (κ2) is 5.59. The zero-order chi connectivity index (χ0) is 6.41. The smallest absolute Gasteiger partial charge is 0.219 e. The van der Waals surface area contributed by atoms with Gasteiger partial charge in [-0.25, -0.2) is 4.21 Å². The van der Waals surface area contributed by atoms with Gasteiger partial charge < -0.3 is 0 Å². The van der Waals surface area contributed by atoms with Gasteiger partial charge in [-0.1, -0.05) is 6.92 Å². The molecule has 0 aromatic carbocycles. The largest absolute Gasteiger partial charge is 0.282 e. The first-order chi connectivity index (χ1) is 3.81. The maximum absolute atomic E-state index is 10.5. The average Bonchev–Trinajstić information content (AvgIpc) is 1.68. The van der Waals surface area contributed by atoms with E-state index in [0.29, 0.717) is 6.61 Å². The van der Waals surface area contributed by atoms with Gasteiger partial charge >= 0.3 is 0 Å². The van der Waals surface area contributed by atoms with Crippen LogP contribution in [0.4, 0.5) is 0 Å². The van der Waals surface area contributed by atoms with Gasteiger partial charge in [0.1, 0.15) is 0 Å². The minimum absolute atomic E-state index is 0.527. The van der Waals surface area contributed by atoms with Crippen molar-refractivity contribution in [3.8, 4) is 0 Å². The minimum Gasteiger partial charge on any atom is -0.282 e. The third kappa shape index (κ3) is 4.61. The van der Waals surface area contributed by atoms with E-state index < -0.39 is 10.1 Å². The molecule has 0 aromatic rings. The highest BCUT2D eigenvalue weighted by Gasteiger charge is 1.93. The zero-order valence-electron chi connectivity index (χ0n) is 5.05. The lowest BCUT2D eigenvalue weighted by Crippen LogP contribution is -1.90. The van der Waals surface area contributed by atoms with Crippen molar-refractivity contribution in [3.05, 3.63) is 0 Å². The van der Waals surface area contributed by atoms with Crippen LogP contribution in [0.3, 0.4) is 0 Å². The summed E-state index contributed by atoms with van der Waals surface area (Å²) < 4.78 is 15.2. The van der Waals surface area contributed by atoms with E-state index in [9.17, 15) is 4.21 Å². The van der Waals surface area contributed by atoms with Crippen LogP contribution in [0.5, 0.6) is 0 Å². The van der Waals surface area contributed by atoms with E-state index in [0.717, 1.165) is 5.75 Å². The fourth-order valence-corrected chi connectivity index (χ4v) is 1.75. The van der Waals surface area contributed by atoms with Gasteiger partial charge in [-0.15, -0.1) is 0 Å². The highest BCUT2D eigenvalue weighted by atomic mass is 33.1. The molecule has 1 atom stereocenters. The summed E-state index contributed by atoms with van der Waals surface area (Å²) in [6.07, 6.45) is 0. The molecule has 0 aromatic heterocycles. The van der Waals surface area contributed by atoms with E-state index in [-0.39, 0.29) is 0 Å². The lowest BCUT2D eigenvalue weighted by Gasteiger charge is -1.94. The van der Waals surface area contributed by atoms with E-state index in [2.05, 4.69) is 0 Å². The standard InChI is InChI=1S/C4H10O2S2/c1-3-6-8(5)7-4-2/h3-4H2,1-2H3. The molecule has 0 saturated heterocycles. The highest BCUT2D eigenvalue weighted by molar-refractivity contribution is 8.67. The molecular formula is C4H10O2S2. The Morgan fingerprint density at radius 1 is 1.62 bits per heavy atom. The molecule has 0 aliphatic heterocycles. The molecule has 0 aliphatic rings. The molecule has 0 aliphatic carbocycles. The van der Waals surface area contributed by atoms with Gasteiger partial charge in [0.25, 0.3) is 0 Å². The first-order valence-electron chi connectivity index (χ1n) is 2.49. The summed E-state index contributed by atoms with van der Waals surface area (Å²) in [5.74, 6) is 0.840. The predicted octanol–water partition coefficient (Wildman–Crippen LogP) is 1.35. The van der Waals surface area contributed by atoms with Crippen LogP contribution in [-0.2, 0) is 14.3 Å². The van der Waals surface area contributed by atoms with Gasteiger partial charge in [0.05, 0.1) is 6.61 Å². The second-order valence-corrected chi connectivity index (χ2v) is 4.00. The maximum Gasteiger partial charge on any atom is 0.219 e. The van der Waals surface area contributed by atoms with Crippen LogP contribution in [0.15, 0.2) is 0 Å². The third-order valence-electron chi connectivity index (χ3n) is 0.428. The molecule has 4 heteroatoms. The van der Waals surface area contributed by atoms with E-state index in [4.69, 9.17) is 4.18 Å². The zero-order valence-corrected chi connectivity index (χ0v) is 6.68. The fourth-order valence-electron chi connectivity index (χ4n) is 0.226. The monoisotopic (exact) mass is 154 g/mol. The van der Waals surface area contributed by atoms with E-state index in [1.807, 2.05) is 13.8 Å². The van der Waals surface area contributed by atoms with Gasteiger partial charge in [-0.2, -0.15) is 0 Å². The summed E-state index contributed by atoms with van der Waals surface area (Å²) in [6, 6.07) is 0. The third-order valence-corrected chi connectivity index (χ3v) is 2.86. The van der Waals surface area contributed by atoms with Crippen LogP contribution in [0.1, 0.15) is 13.8 Å². The molecular weight excluding hydrogens is 144 g/mol. The first-order valence-corrected chi connectivity index (χ1v) is 5.07. The summed E-state index contributed by atoms with van der Waals surface area (Å²) in [6.45, 7) is 4.30. The molecule has 0 fully saturated rings. The van der Waals surface area contributed by atoms with Crippen LogP contribution < -0.4 is 0 Å². The Bertz CT molecular complexity index is 66.4. The Kier molecular flexibility index (Phi) is 5.92. The molecule has 0 radical (unpaired) electrons. The van der Waals surface area contributed by atoms with E-state index in [1.54, 1.807) is 0 Å². The Morgan fingerprint density at radius 3 is 2.62 bits per heavy atom.